The number of aliphatic hydroxyl groups is 1. The second-order valence-electron chi connectivity index (χ2n) is 13.3. The lowest BCUT2D eigenvalue weighted by Gasteiger charge is -2.25. The Morgan fingerprint density at radius 1 is 0.942 bits per heavy atom. The number of ether oxygens (including phenoxy) is 2. The molecule has 1 aliphatic rings. The zero-order chi connectivity index (χ0) is 36.8. The van der Waals surface area contributed by atoms with Crippen LogP contribution in [0.1, 0.15) is 51.4 Å². The fourth-order valence-electron chi connectivity index (χ4n) is 6.41. The van der Waals surface area contributed by atoms with Gasteiger partial charge in [0.25, 0.3) is 0 Å². The fraction of sp³-hybridized carbons (Fsp3) is 0.262. The molecule has 9 nitrogen and oxygen atoms in total. The predicted molar refractivity (Wildman–Crippen MR) is 201 cm³/mol. The van der Waals surface area contributed by atoms with Gasteiger partial charge in [-0.25, -0.2) is 0 Å². The van der Waals surface area contributed by atoms with E-state index in [9.17, 15) is 20.3 Å². The topological polar surface area (TPSA) is 137 Å². The number of hydrogen-bond acceptors (Lipinski definition) is 8. The van der Waals surface area contributed by atoms with Crippen LogP contribution in [-0.4, -0.2) is 39.9 Å². The summed E-state index contributed by atoms with van der Waals surface area (Å²) in [6, 6.07) is 26.6. The number of hydrogen-bond donors (Lipinski definition) is 4. The van der Waals surface area contributed by atoms with Crippen molar-refractivity contribution in [2.75, 3.05) is 13.2 Å². The van der Waals surface area contributed by atoms with Crippen LogP contribution in [0.4, 0.5) is 0 Å². The SMILES string of the molecule is Cc1c(COc2cc(OCc3cncc(C#N)c3)c(CNC(C)(CO)C(=O)O)cc2Cl)cccc1-c1cccc(-c2ccc3c(c2)CNCC3)c1C. The Morgan fingerprint density at radius 2 is 1.69 bits per heavy atom. The molecule has 0 spiro atoms. The van der Waals surface area contributed by atoms with Crippen molar-refractivity contribution in [2.45, 2.75) is 59.0 Å². The molecule has 0 bridgehead atoms. The molecule has 6 rings (SSSR count). The predicted octanol–water partition coefficient (Wildman–Crippen LogP) is 7.29. The third-order valence-corrected chi connectivity index (χ3v) is 10.0. The van der Waals surface area contributed by atoms with E-state index < -0.39 is 18.1 Å². The number of halogens is 1. The highest BCUT2D eigenvalue weighted by Crippen LogP contribution is 2.37. The summed E-state index contributed by atoms with van der Waals surface area (Å²) >= 11 is 6.75. The molecule has 52 heavy (non-hydrogen) atoms. The number of nitrogens with one attached hydrogen (secondary N) is 2. The molecule has 0 fully saturated rings. The van der Waals surface area contributed by atoms with Gasteiger partial charge in [-0.1, -0.05) is 60.1 Å². The number of carboxylic acids is 1. The van der Waals surface area contributed by atoms with E-state index in [1.165, 1.54) is 40.9 Å². The Labute approximate surface area is 308 Å². The maximum absolute atomic E-state index is 11.8. The van der Waals surface area contributed by atoms with Crippen molar-refractivity contribution in [1.82, 2.24) is 15.6 Å². The van der Waals surface area contributed by atoms with Crippen LogP contribution in [-0.2, 0) is 37.5 Å². The van der Waals surface area contributed by atoms with Gasteiger partial charge in [0.05, 0.1) is 17.2 Å². The molecule has 4 N–H and O–H groups in total. The molecule has 4 aromatic carbocycles. The lowest BCUT2D eigenvalue weighted by atomic mass is 9.88. The molecule has 266 valence electrons. The Morgan fingerprint density at radius 3 is 2.46 bits per heavy atom. The number of nitriles is 1. The Kier molecular flexibility index (Phi) is 11.2. The lowest BCUT2D eigenvalue weighted by Crippen LogP contribution is -2.52. The second kappa shape index (κ2) is 16.0. The summed E-state index contributed by atoms with van der Waals surface area (Å²) < 4.78 is 12.5. The highest BCUT2D eigenvalue weighted by atomic mass is 35.5. The van der Waals surface area contributed by atoms with Crippen molar-refractivity contribution in [1.29, 1.82) is 5.26 Å². The number of aromatic nitrogens is 1. The standard InChI is InChI=1S/C42H41ClN4O5/c1-26-32(6-4-8-36(26)37-9-5-7-35(27(37)2)31-11-10-30-12-13-45-21-33(30)15-31)24-52-40-17-39(51-23-29-14-28(18-44)19-46-20-29)34(16-38(40)43)22-47-42(3,25-48)41(49)50/h4-11,14-17,19-20,45,47-48H,12-13,21-25H2,1-3H3,(H,49,50). The molecule has 0 amide bonds. The normalized spacial score (nSPS) is 13.5. The number of pyridine rings is 1. The van der Waals surface area contributed by atoms with Gasteiger partial charge >= 0.3 is 5.97 Å². The van der Waals surface area contributed by atoms with Crippen LogP contribution in [0.25, 0.3) is 22.3 Å². The molecule has 1 unspecified atom stereocenters. The molecule has 5 aromatic rings. The van der Waals surface area contributed by atoms with E-state index in [0.29, 0.717) is 33.2 Å². The van der Waals surface area contributed by atoms with Gasteiger partial charge in [0, 0.05) is 42.7 Å². The quantitative estimate of drug-likeness (QED) is 0.0991. The number of rotatable bonds is 13. The fourth-order valence-corrected chi connectivity index (χ4v) is 6.65. The minimum Gasteiger partial charge on any atom is -0.488 e. The van der Waals surface area contributed by atoms with Crippen LogP contribution >= 0.6 is 11.6 Å². The molecule has 1 aliphatic heterocycles. The molecular formula is C42H41ClN4O5. The first-order chi connectivity index (χ1) is 25.1. The summed E-state index contributed by atoms with van der Waals surface area (Å²) in [6.45, 7) is 7.33. The van der Waals surface area contributed by atoms with Gasteiger partial charge in [0.1, 0.15) is 36.3 Å². The Balaban J connectivity index is 1.26. The van der Waals surface area contributed by atoms with Crippen molar-refractivity contribution in [3.05, 3.63) is 135 Å². The van der Waals surface area contributed by atoms with Crippen molar-refractivity contribution in [2.24, 2.45) is 0 Å². The number of carboxylic acid groups (broad SMARTS) is 1. The first kappa shape index (κ1) is 36.5. The number of nitrogens with zero attached hydrogens (tertiary/aromatic N) is 2. The Bertz CT molecular complexity index is 2160. The summed E-state index contributed by atoms with van der Waals surface area (Å²) in [5.74, 6) is -0.410. The first-order valence-corrected chi connectivity index (χ1v) is 17.5. The minimum absolute atomic E-state index is 0.0388. The van der Waals surface area contributed by atoms with E-state index in [0.717, 1.165) is 41.8 Å². The summed E-state index contributed by atoms with van der Waals surface area (Å²) in [6.07, 6.45) is 4.13. The van der Waals surface area contributed by atoms with Gasteiger partial charge in [0.2, 0.25) is 0 Å². The molecule has 0 saturated carbocycles. The van der Waals surface area contributed by atoms with Gasteiger partial charge in [-0.15, -0.1) is 0 Å². The number of aliphatic carboxylic acids is 1. The van der Waals surface area contributed by atoms with Crippen molar-refractivity contribution in [3.63, 3.8) is 0 Å². The van der Waals surface area contributed by atoms with Crippen LogP contribution in [0.2, 0.25) is 5.02 Å². The number of aliphatic hydroxyl groups excluding tert-OH is 1. The van der Waals surface area contributed by atoms with Crippen LogP contribution in [0, 0.1) is 25.2 Å². The third kappa shape index (κ3) is 7.96. The van der Waals surface area contributed by atoms with E-state index in [-0.39, 0.29) is 19.8 Å². The molecular weight excluding hydrogens is 676 g/mol. The van der Waals surface area contributed by atoms with E-state index in [4.69, 9.17) is 21.1 Å². The third-order valence-electron chi connectivity index (χ3n) is 9.75. The highest BCUT2D eigenvalue weighted by molar-refractivity contribution is 6.32. The maximum atomic E-state index is 11.8. The van der Waals surface area contributed by atoms with Crippen LogP contribution in [0.3, 0.4) is 0 Å². The summed E-state index contributed by atoms with van der Waals surface area (Å²) in [4.78, 5) is 15.9. The van der Waals surface area contributed by atoms with Gasteiger partial charge in [-0.3, -0.25) is 15.1 Å². The summed E-state index contributed by atoms with van der Waals surface area (Å²) in [7, 11) is 0. The van der Waals surface area contributed by atoms with Crippen molar-refractivity contribution >= 4 is 17.6 Å². The van der Waals surface area contributed by atoms with Crippen LogP contribution < -0.4 is 20.1 Å². The minimum atomic E-state index is -1.58. The van der Waals surface area contributed by atoms with Crippen LogP contribution in [0.5, 0.6) is 11.5 Å². The molecule has 0 aliphatic carbocycles. The van der Waals surface area contributed by atoms with Crippen molar-refractivity contribution < 1.29 is 24.5 Å². The van der Waals surface area contributed by atoms with Gasteiger partial charge in [0.15, 0.2) is 0 Å². The first-order valence-electron chi connectivity index (χ1n) is 17.1. The lowest BCUT2D eigenvalue weighted by molar-refractivity contribution is -0.145. The van der Waals surface area contributed by atoms with Crippen LogP contribution in [0.15, 0.2) is 85.2 Å². The second-order valence-corrected chi connectivity index (χ2v) is 13.7. The highest BCUT2D eigenvalue weighted by Gasteiger charge is 2.32. The Hall–Kier alpha value is -5.24. The van der Waals surface area contributed by atoms with E-state index in [1.54, 1.807) is 24.4 Å². The largest absolute Gasteiger partial charge is 0.488 e. The molecule has 1 aromatic heterocycles. The van der Waals surface area contributed by atoms with Gasteiger partial charge in [-0.2, -0.15) is 5.26 Å². The average molecular weight is 717 g/mol. The average Bonchev–Trinajstić information content (AvgIpc) is 3.16. The summed E-state index contributed by atoms with van der Waals surface area (Å²) in [5, 5.41) is 35.4. The number of benzene rings is 4. The van der Waals surface area contributed by atoms with E-state index in [2.05, 4.69) is 78.0 Å². The number of fused-ring (bicyclic) bond motifs is 1. The molecule has 2 heterocycles. The van der Waals surface area contributed by atoms with Crippen molar-refractivity contribution in [3.8, 4) is 39.8 Å². The monoisotopic (exact) mass is 716 g/mol. The van der Waals surface area contributed by atoms with Gasteiger partial charge < -0.3 is 25.0 Å². The number of carbonyl (C=O) groups is 1. The molecule has 1 atom stereocenters. The molecule has 0 radical (unpaired) electrons. The summed E-state index contributed by atoms with van der Waals surface area (Å²) in [5.41, 5.74) is 10.8. The molecule has 10 heteroatoms. The van der Waals surface area contributed by atoms with E-state index >= 15 is 0 Å². The maximum Gasteiger partial charge on any atom is 0.326 e. The van der Waals surface area contributed by atoms with E-state index in [1.807, 2.05) is 12.1 Å². The zero-order valence-electron chi connectivity index (χ0n) is 29.4. The zero-order valence-corrected chi connectivity index (χ0v) is 30.2. The molecule has 0 saturated heterocycles. The smallest absolute Gasteiger partial charge is 0.326 e. The van der Waals surface area contributed by atoms with Gasteiger partial charge in [-0.05, 0) is 102 Å².